The molecule has 10 heteroatoms. The van der Waals surface area contributed by atoms with E-state index in [4.69, 9.17) is 28.3 Å². The lowest BCUT2D eigenvalue weighted by atomic mass is 10.3. The SMILES string of the molecule is O=C(O)c1cc(NC(=O)c2cc(Cl)nnc2Cl)n[nH]1. The van der Waals surface area contributed by atoms with Crippen molar-refractivity contribution in [3.05, 3.63) is 33.7 Å². The quantitative estimate of drug-likeness (QED) is 0.789. The number of nitrogens with zero attached hydrogens (tertiary/aromatic N) is 3. The van der Waals surface area contributed by atoms with E-state index in [9.17, 15) is 9.59 Å². The first-order chi connectivity index (χ1) is 8.97. The molecular formula is C9H5Cl2N5O3. The number of carbonyl (C=O) groups is 2. The van der Waals surface area contributed by atoms with Crippen molar-refractivity contribution in [2.24, 2.45) is 0 Å². The van der Waals surface area contributed by atoms with Gasteiger partial charge in [0.25, 0.3) is 5.91 Å². The van der Waals surface area contributed by atoms with Crippen LogP contribution in [0.2, 0.25) is 10.3 Å². The van der Waals surface area contributed by atoms with Crippen LogP contribution in [0.25, 0.3) is 0 Å². The van der Waals surface area contributed by atoms with E-state index in [1.54, 1.807) is 0 Å². The van der Waals surface area contributed by atoms with Crippen LogP contribution in [0.4, 0.5) is 5.82 Å². The highest BCUT2D eigenvalue weighted by molar-refractivity contribution is 6.34. The fourth-order valence-corrected chi connectivity index (χ4v) is 1.52. The van der Waals surface area contributed by atoms with Gasteiger partial charge in [-0.2, -0.15) is 5.10 Å². The number of carbonyl (C=O) groups excluding carboxylic acids is 1. The zero-order valence-corrected chi connectivity index (χ0v) is 10.5. The van der Waals surface area contributed by atoms with Crippen LogP contribution in [0.3, 0.4) is 0 Å². The van der Waals surface area contributed by atoms with Gasteiger partial charge >= 0.3 is 5.97 Å². The Morgan fingerprint density at radius 3 is 2.63 bits per heavy atom. The summed E-state index contributed by atoms with van der Waals surface area (Å²) in [4.78, 5) is 22.5. The van der Waals surface area contributed by atoms with Crippen molar-refractivity contribution in [1.29, 1.82) is 0 Å². The van der Waals surface area contributed by atoms with Crippen LogP contribution < -0.4 is 5.32 Å². The van der Waals surface area contributed by atoms with E-state index in [1.807, 2.05) is 0 Å². The number of H-pyrrole nitrogens is 1. The number of rotatable bonds is 3. The molecular weight excluding hydrogens is 297 g/mol. The van der Waals surface area contributed by atoms with Crippen molar-refractivity contribution in [2.75, 3.05) is 5.32 Å². The molecule has 0 unspecified atom stereocenters. The van der Waals surface area contributed by atoms with Crippen LogP contribution in [0.15, 0.2) is 12.1 Å². The lowest BCUT2D eigenvalue weighted by Gasteiger charge is -2.02. The van der Waals surface area contributed by atoms with Crippen LogP contribution in [0.5, 0.6) is 0 Å². The number of hydrogen-bond donors (Lipinski definition) is 3. The third kappa shape index (κ3) is 2.98. The van der Waals surface area contributed by atoms with Crippen molar-refractivity contribution in [3.63, 3.8) is 0 Å². The maximum atomic E-state index is 11.8. The number of halogens is 2. The largest absolute Gasteiger partial charge is 0.477 e. The van der Waals surface area contributed by atoms with E-state index in [2.05, 4.69) is 25.7 Å². The summed E-state index contributed by atoms with van der Waals surface area (Å²) in [6.07, 6.45) is 0. The Kier molecular flexibility index (Phi) is 3.63. The van der Waals surface area contributed by atoms with Gasteiger partial charge in [0.1, 0.15) is 5.69 Å². The van der Waals surface area contributed by atoms with Gasteiger partial charge in [-0.25, -0.2) is 4.79 Å². The first-order valence-corrected chi connectivity index (χ1v) is 5.51. The third-order valence-electron chi connectivity index (χ3n) is 2.01. The van der Waals surface area contributed by atoms with E-state index >= 15 is 0 Å². The number of carboxylic acids is 1. The zero-order chi connectivity index (χ0) is 14.0. The molecule has 0 aliphatic carbocycles. The molecule has 0 saturated heterocycles. The second-order valence-electron chi connectivity index (χ2n) is 3.30. The Balaban J connectivity index is 2.20. The fraction of sp³-hybridized carbons (Fsp3) is 0. The molecule has 3 N–H and O–H groups in total. The summed E-state index contributed by atoms with van der Waals surface area (Å²) >= 11 is 11.3. The van der Waals surface area contributed by atoms with E-state index in [0.717, 1.165) is 6.07 Å². The summed E-state index contributed by atoms with van der Waals surface area (Å²) in [5.74, 6) is -1.80. The molecule has 2 aromatic rings. The van der Waals surface area contributed by atoms with Gasteiger partial charge in [-0.1, -0.05) is 23.2 Å². The van der Waals surface area contributed by atoms with E-state index in [-0.39, 0.29) is 27.4 Å². The number of amides is 1. The van der Waals surface area contributed by atoms with E-state index in [1.165, 1.54) is 6.07 Å². The summed E-state index contributed by atoms with van der Waals surface area (Å²) in [6, 6.07) is 2.39. The lowest BCUT2D eigenvalue weighted by molar-refractivity contribution is 0.0690. The minimum atomic E-state index is -1.19. The second-order valence-corrected chi connectivity index (χ2v) is 4.04. The molecule has 0 aliphatic rings. The molecule has 0 fully saturated rings. The van der Waals surface area contributed by atoms with Gasteiger partial charge in [-0.05, 0) is 6.07 Å². The normalized spacial score (nSPS) is 10.2. The van der Waals surface area contributed by atoms with E-state index in [0.29, 0.717) is 0 Å². The molecule has 2 aromatic heterocycles. The molecule has 0 aliphatic heterocycles. The van der Waals surface area contributed by atoms with Crippen LogP contribution in [-0.4, -0.2) is 37.4 Å². The Bertz CT molecular complexity index is 657. The van der Waals surface area contributed by atoms with Crippen molar-refractivity contribution < 1.29 is 14.7 Å². The molecule has 0 radical (unpaired) electrons. The van der Waals surface area contributed by atoms with Gasteiger partial charge in [0.05, 0.1) is 5.56 Å². The number of aromatic carboxylic acids is 1. The number of anilines is 1. The summed E-state index contributed by atoms with van der Waals surface area (Å²) in [7, 11) is 0. The molecule has 1 amide bonds. The first-order valence-electron chi connectivity index (χ1n) is 4.76. The minimum Gasteiger partial charge on any atom is -0.477 e. The third-order valence-corrected chi connectivity index (χ3v) is 2.48. The predicted octanol–water partition coefficient (Wildman–Crippen LogP) is 1.46. The molecule has 0 bridgehead atoms. The first kappa shape index (κ1) is 13.2. The summed E-state index contributed by atoms with van der Waals surface area (Å²) in [5, 5.41) is 23.7. The fourth-order valence-electron chi connectivity index (χ4n) is 1.19. The molecule has 0 spiro atoms. The van der Waals surface area contributed by atoms with Crippen LogP contribution in [0.1, 0.15) is 20.8 Å². The maximum Gasteiger partial charge on any atom is 0.353 e. The summed E-state index contributed by atoms with van der Waals surface area (Å²) in [6.45, 7) is 0. The maximum absolute atomic E-state index is 11.8. The molecule has 0 aromatic carbocycles. The van der Waals surface area contributed by atoms with Crippen LogP contribution in [-0.2, 0) is 0 Å². The zero-order valence-electron chi connectivity index (χ0n) is 9.02. The Labute approximate surface area is 115 Å². The Hall–Kier alpha value is -2.19. The highest BCUT2D eigenvalue weighted by Gasteiger charge is 2.15. The average molecular weight is 302 g/mol. The van der Waals surface area contributed by atoms with Gasteiger partial charge in [0, 0.05) is 6.07 Å². The molecule has 2 heterocycles. The number of nitrogens with one attached hydrogen (secondary N) is 2. The van der Waals surface area contributed by atoms with Crippen molar-refractivity contribution in [3.8, 4) is 0 Å². The number of hydrogen-bond acceptors (Lipinski definition) is 5. The molecule has 2 rings (SSSR count). The molecule has 0 atom stereocenters. The minimum absolute atomic E-state index is 0.00143. The van der Waals surface area contributed by atoms with Gasteiger partial charge in [0.15, 0.2) is 16.1 Å². The van der Waals surface area contributed by atoms with E-state index < -0.39 is 11.9 Å². The molecule has 8 nitrogen and oxygen atoms in total. The van der Waals surface area contributed by atoms with Crippen molar-refractivity contribution in [1.82, 2.24) is 20.4 Å². The lowest BCUT2D eigenvalue weighted by Crippen LogP contribution is -2.13. The number of aromatic nitrogens is 4. The van der Waals surface area contributed by atoms with Gasteiger partial charge in [0.2, 0.25) is 0 Å². The van der Waals surface area contributed by atoms with Crippen molar-refractivity contribution >= 4 is 40.9 Å². The van der Waals surface area contributed by atoms with Gasteiger partial charge in [-0.3, -0.25) is 9.89 Å². The smallest absolute Gasteiger partial charge is 0.353 e. The highest BCUT2D eigenvalue weighted by atomic mass is 35.5. The highest BCUT2D eigenvalue weighted by Crippen LogP contribution is 2.17. The van der Waals surface area contributed by atoms with Crippen LogP contribution in [0, 0.1) is 0 Å². The van der Waals surface area contributed by atoms with Gasteiger partial charge < -0.3 is 10.4 Å². The summed E-state index contributed by atoms with van der Waals surface area (Å²) in [5.41, 5.74) is -0.158. The number of aromatic amines is 1. The summed E-state index contributed by atoms with van der Waals surface area (Å²) < 4.78 is 0. The molecule has 98 valence electrons. The number of carboxylic acid groups (broad SMARTS) is 1. The standard InChI is InChI=1S/C9H5Cl2N5O3/c10-5-1-3(7(11)16-14-5)8(17)12-6-2-4(9(18)19)13-15-6/h1-2H,(H,18,19)(H2,12,13,15,17). The van der Waals surface area contributed by atoms with Crippen molar-refractivity contribution in [2.45, 2.75) is 0 Å². The molecule has 0 saturated carbocycles. The monoisotopic (exact) mass is 301 g/mol. The van der Waals surface area contributed by atoms with Crippen LogP contribution >= 0.6 is 23.2 Å². The Morgan fingerprint density at radius 1 is 1.26 bits per heavy atom. The topological polar surface area (TPSA) is 121 Å². The van der Waals surface area contributed by atoms with Gasteiger partial charge in [-0.15, -0.1) is 10.2 Å². The average Bonchev–Trinajstić information content (AvgIpc) is 2.80. The predicted molar refractivity (Wildman–Crippen MR) is 65.6 cm³/mol. The molecule has 19 heavy (non-hydrogen) atoms. The second kappa shape index (κ2) is 5.21. The Morgan fingerprint density at radius 2 is 2.00 bits per heavy atom.